The number of H-pyrrole nitrogens is 1. The van der Waals surface area contributed by atoms with Crippen LogP contribution in [0.3, 0.4) is 0 Å². The summed E-state index contributed by atoms with van der Waals surface area (Å²) in [6, 6.07) is 15.5. The molecular weight excluding hydrogens is 428 g/mol. The summed E-state index contributed by atoms with van der Waals surface area (Å²) in [4.78, 5) is 45.6. The summed E-state index contributed by atoms with van der Waals surface area (Å²) in [5.74, 6) is -0.892. The lowest BCUT2D eigenvalue weighted by atomic mass is 9.91. The first-order valence-electron chi connectivity index (χ1n) is 11.4. The zero-order valence-electron chi connectivity index (χ0n) is 19.7. The van der Waals surface area contributed by atoms with E-state index in [-0.39, 0.29) is 30.1 Å². The van der Waals surface area contributed by atoms with Gasteiger partial charge in [0.15, 0.2) is 0 Å². The molecule has 1 saturated heterocycles. The smallest absolute Gasteiger partial charge is 0.257 e. The number of benzene rings is 2. The molecule has 7 heteroatoms. The Kier molecular flexibility index (Phi) is 6.25. The van der Waals surface area contributed by atoms with Gasteiger partial charge in [0.25, 0.3) is 5.91 Å². The molecule has 1 fully saturated rings. The van der Waals surface area contributed by atoms with Crippen LogP contribution in [-0.2, 0) is 20.8 Å². The largest absolute Gasteiger partial charge is 0.361 e. The van der Waals surface area contributed by atoms with Crippen LogP contribution in [0.15, 0.2) is 54.7 Å². The number of aromatic nitrogens is 1. The third kappa shape index (κ3) is 4.72. The second kappa shape index (κ2) is 9.14. The van der Waals surface area contributed by atoms with Gasteiger partial charge in [0.2, 0.25) is 11.8 Å². The number of imide groups is 1. The Morgan fingerprint density at radius 2 is 1.85 bits per heavy atom. The molecule has 0 saturated carbocycles. The number of nitrogens with zero attached hydrogens (tertiary/aromatic N) is 3. The Hall–Kier alpha value is -3.92. The average molecular weight is 457 g/mol. The van der Waals surface area contributed by atoms with Crippen molar-refractivity contribution < 1.29 is 14.4 Å². The first-order chi connectivity index (χ1) is 16.2. The molecule has 3 amide bonds. The van der Waals surface area contributed by atoms with E-state index in [4.69, 9.17) is 5.26 Å². The zero-order valence-corrected chi connectivity index (χ0v) is 19.7. The predicted octanol–water partition coefficient (Wildman–Crippen LogP) is 4.18. The maximum Gasteiger partial charge on any atom is 0.257 e. The van der Waals surface area contributed by atoms with Crippen LogP contribution in [-0.4, -0.2) is 40.2 Å². The molecule has 1 N–H and O–H groups in total. The van der Waals surface area contributed by atoms with Gasteiger partial charge >= 0.3 is 0 Å². The number of para-hydroxylation sites is 1. The number of nitrogens with one attached hydrogen (secondary N) is 1. The van der Waals surface area contributed by atoms with Gasteiger partial charge in [-0.15, -0.1) is 0 Å². The zero-order chi connectivity index (χ0) is 24.5. The molecule has 7 nitrogen and oxygen atoms in total. The molecule has 1 aliphatic heterocycles. The molecule has 34 heavy (non-hydrogen) atoms. The van der Waals surface area contributed by atoms with Crippen LogP contribution in [0, 0.1) is 16.7 Å². The Bertz CT molecular complexity index is 1280. The summed E-state index contributed by atoms with van der Waals surface area (Å²) in [6.07, 6.45) is 2.72. The predicted molar refractivity (Wildman–Crippen MR) is 130 cm³/mol. The van der Waals surface area contributed by atoms with Crippen LogP contribution in [0.1, 0.15) is 44.7 Å². The van der Waals surface area contributed by atoms with Crippen molar-refractivity contribution in [1.82, 2.24) is 9.88 Å². The highest BCUT2D eigenvalue weighted by Gasteiger charge is 2.44. The molecule has 0 bridgehead atoms. The van der Waals surface area contributed by atoms with Crippen molar-refractivity contribution in [1.29, 1.82) is 5.26 Å². The SMILES string of the molecule is CC(C)(C)CC(=O)N(CCc1c[nH]c2ccccc12)C1CC(=O)N(c2ccc(C#N)cc2)C1=O. The first kappa shape index (κ1) is 23.2. The summed E-state index contributed by atoms with van der Waals surface area (Å²) in [6.45, 7) is 6.27. The normalized spacial score (nSPS) is 16.2. The number of fused-ring (bicyclic) bond motifs is 1. The molecule has 2 heterocycles. The summed E-state index contributed by atoms with van der Waals surface area (Å²) < 4.78 is 0. The van der Waals surface area contributed by atoms with Crippen molar-refractivity contribution >= 4 is 34.3 Å². The standard InChI is InChI=1S/C27H28N4O3/c1-27(2,3)15-25(33)30(13-12-19-17-29-22-7-5-4-6-21(19)22)23-14-24(32)31(26(23)34)20-10-8-18(16-28)9-11-20/h4-11,17,23,29H,12-15H2,1-3H3. The lowest BCUT2D eigenvalue weighted by molar-refractivity contribution is -0.139. The lowest BCUT2D eigenvalue weighted by Crippen LogP contribution is -2.47. The quantitative estimate of drug-likeness (QED) is 0.563. The molecular formula is C27H28N4O3. The average Bonchev–Trinajstić information content (AvgIpc) is 3.33. The highest BCUT2D eigenvalue weighted by Crippen LogP contribution is 2.29. The van der Waals surface area contributed by atoms with Crippen molar-refractivity contribution in [3.05, 3.63) is 65.9 Å². The summed E-state index contributed by atoms with van der Waals surface area (Å²) in [5.41, 5.74) is 2.68. The van der Waals surface area contributed by atoms with E-state index in [0.29, 0.717) is 24.2 Å². The minimum Gasteiger partial charge on any atom is -0.361 e. The van der Waals surface area contributed by atoms with Gasteiger partial charge in [-0.1, -0.05) is 39.0 Å². The number of rotatable bonds is 6. The molecule has 0 spiro atoms. The highest BCUT2D eigenvalue weighted by molar-refractivity contribution is 6.23. The van der Waals surface area contributed by atoms with Crippen LogP contribution >= 0.6 is 0 Å². The number of hydrogen-bond acceptors (Lipinski definition) is 4. The van der Waals surface area contributed by atoms with Gasteiger partial charge in [-0.25, -0.2) is 4.90 Å². The summed E-state index contributed by atoms with van der Waals surface area (Å²) >= 11 is 0. The van der Waals surface area contributed by atoms with Crippen LogP contribution in [0.2, 0.25) is 0 Å². The minimum absolute atomic E-state index is 0.0530. The van der Waals surface area contributed by atoms with Gasteiger partial charge in [0, 0.05) is 30.1 Å². The molecule has 3 aromatic rings. The fraction of sp³-hybridized carbons (Fsp3) is 0.333. The van der Waals surface area contributed by atoms with E-state index in [0.717, 1.165) is 21.4 Å². The number of carbonyl (C=O) groups excluding carboxylic acids is 3. The van der Waals surface area contributed by atoms with E-state index in [2.05, 4.69) is 4.98 Å². The van der Waals surface area contributed by atoms with E-state index in [9.17, 15) is 14.4 Å². The molecule has 174 valence electrons. The number of carbonyl (C=O) groups is 3. The monoisotopic (exact) mass is 456 g/mol. The molecule has 0 radical (unpaired) electrons. The van der Waals surface area contributed by atoms with Crippen molar-refractivity contribution in [3.8, 4) is 6.07 Å². The molecule has 1 atom stereocenters. The Morgan fingerprint density at radius 3 is 2.53 bits per heavy atom. The van der Waals surface area contributed by atoms with Crippen LogP contribution in [0.4, 0.5) is 5.69 Å². The number of hydrogen-bond donors (Lipinski definition) is 1. The Labute approximate surface area is 199 Å². The molecule has 1 aliphatic rings. The molecule has 0 aliphatic carbocycles. The van der Waals surface area contributed by atoms with Gasteiger partial charge in [-0.05, 0) is 47.7 Å². The number of nitriles is 1. The first-order valence-corrected chi connectivity index (χ1v) is 11.4. The van der Waals surface area contributed by atoms with Gasteiger partial charge < -0.3 is 9.88 Å². The topological polar surface area (TPSA) is 97.3 Å². The number of anilines is 1. The summed E-state index contributed by atoms with van der Waals surface area (Å²) in [5, 5.41) is 10.1. The fourth-order valence-electron chi connectivity index (χ4n) is 4.40. The number of amides is 3. The van der Waals surface area contributed by atoms with Gasteiger partial charge in [-0.3, -0.25) is 14.4 Å². The van der Waals surface area contributed by atoms with Crippen LogP contribution in [0.25, 0.3) is 10.9 Å². The Morgan fingerprint density at radius 1 is 1.15 bits per heavy atom. The maximum absolute atomic E-state index is 13.4. The molecule has 2 aromatic carbocycles. The van der Waals surface area contributed by atoms with Crippen LogP contribution in [0.5, 0.6) is 0 Å². The van der Waals surface area contributed by atoms with E-state index >= 15 is 0 Å². The lowest BCUT2D eigenvalue weighted by Gasteiger charge is -2.30. The second-order valence-corrected chi connectivity index (χ2v) is 9.88. The van der Waals surface area contributed by atoms with Gasteiger partial charge in [-0.2, -0.15) is 5.26 Å². The van der Waals surface area contributed by atoms with Crippen molar-refractivity contribution in [3.63, 3.8) is 0 Å². The number of aromatic amines is 1. The molecule has 1 aromatic heterocycles. The van der Waals surface area contributed by atoms with Gasteiger partial charge in [0.05, 0.1) is 23.7 Å². The van der Waals surface area contributed by atoms with Crippen LogP contribution < -0.4 is 4.90 Å². The van der Waals surface area contributed by atoms with Gasteiger partial charge in [0.1, 0.15) is 6.04 Å². The van der Waals surface area contributed by atoms with E-state index in [1.165, 1.54) is 0 Å². The van der Waals surface area contributed by atoms with E-state index in [1.807, 2.05) is 57.3 Å². The highest BCUT2D eigenvalue weighted by atomic mass is 16.2. The fourth-order valence-corrected chi connectivity index (χ4v) is 4.40. The Balaban J connectivity index is 1.60. The van der Waals surface area contributed by atoms with Crippen molar-refractivity contribution in [2.75, 3.05) is 11.4 Å². The van der Waals surface area contributed by atoms with E-state index < -0.39 is 11.9 Å². The van der Waals surface area contributed by atoms with Crippen molar-refractivity contribution in [2.24, 2.45) is 5.41 Å². The third-order valence-corrected chi connectivity index (χ3v) is 6.05. The summed E-state index contributed by atoms with van der Waals surface area (Å²) in [7, 11) is 0. The molecule has 4 rings (SSSR count). The van der Waals surface area contributed by atoms with E-state index in [1.54, 1.807) is 29.2 Å². The van der Waals surface area contributed by atoms with Crippen molar-refractivity contribution in [2.45, 2.75) is 46.1 Å². The maximum atomic E-state index is 13.4. The minimum atomic E-state index is -0.844. The molecule has 1 unspecified atom stereocenters. The third-order valence-electron chi connectivity index (χ3n) is 6.05. The second-order valence-electron chi connectivity index (χ2n) is 9.88.